The van der Waals surface area contributed by atoms with Crippen LogP contribution in [-0.4, -0.2) is 18.5 Å². The van der Waals surface area contributed by atoms with E-state index in [1.165, 1.54) is 6.42 Å². The highest BCUT2D eigenvalue weighted by atomic mass is 16.2. The lowest BCUT2D eigenvalue weighted by Gasteiger charge is -2.12. The van der Waals surface area contributed by atoms with Gasteiger partial charge in [0.25, 0.3) is 0 Å². The molecule has 0 heterocycles. The van der Waals surface area contributed by atoms with Crippen molar-refractivity contribution in [3.8, 4) is 0 Å². The van der Waals surface area contributed by atoms with Crippen LogP contribution in [-0.2, 0) is 11.2 Å². The maximum Gasteiger partial charge on any atom is 0.237 e. The van der Waals surface area contributed by atoms with Crippen molar-refractivity contribution >= 4 is 5.91 Å². The summed E-state index contributed by atoms with van der Waals surface area (Å²) >= 11 is 0. The molecule has 0 saturated heterocycles. The molecule has 1 aromatic carbocycles. The Bertz CT molecular complexity index is 377. The third-order valence-electron chi connectivity index (χ3n) is 3.45. The number of carbonyl (C=O) groups excluding carboxylic acids is 1. The van der Waals surface area contributed by atoms with Crippen LogP contribution in [0.15, 0.2) is 30.3 Å². The molecule has 1 aliphatic carbocycles. The molecule has 2 rings (SSSR count). The van der Waals surface area contributed by atoms with Crippen molar-refractivity contribution in [1.29, 1.82) is 0 Å². The van der Waals surface area contributed by atoms with E-state index in [-0.39, 0.29) is 5.91 Å². The van der Waals surface area contributed by atoms with E-state index in [9.17, 15) is 4.79 Å². The van der Waals surface area contributed by atoms with E-state index >= 15 is 0 Å². The lowest BCUT2D eigenvalue weighted by Crippen LogP contribution is -2.42. The van der Waals surface area contributed by atoms with Gasteiger partial charge in [-0.3, -0.25) is 4.79 Å². The van der Waals surface area contributed by atoms with Gasteiger partial charge in [-0.25, -0.2) is 0 Å². The molecule has 92 valence electrons. The fraction of sp³-hybridized carbons (Fsp3) is 0.500. The van der Waals surface area contributed by atoms with Gasteiger partial charge in [0.2, 0.25) is 5.91 Å². The number of hydrogen-bond acceptors (Lipinski definition) is 2. The molecule has 0 spiro atoms. The van der Waals surface area contributed by atoms with Crippen LogP contribution in [0, 0.1) is 11.8 Å². The molecule has 3 N–H and O–H groups in total. The highest BCUT2D eigenvalue weighted by Gasteiger charge is 2.32. The predicted molar refractivity (Wildman–Crippen MR) is 68.4 cm³/mol. The van der Waals surface area contributed by atoms with Gasteiger partial charge in [0.15, 0.2) is 0 Å². The molecule has 2 unspecified atom stereocenters. The minimum atomic E-state index is -0.438. The Kier molecular flexibility index (Phi) is 3.79. The number of amides is 1. The van der Waals surface area contributed by atoms with Crippen LogP contribution in [0.25, 0.3) is 0 Å². The Labute approximate surface area is 102 Å². The first-order valence-corrected chi connectivity index (χ1v) is 6.24. The lowest BCUT2D eigenvalue weighted by molar-refractivity contribution is -0.122. The van der Waals surface area contributed by atoms with Crippen molar-refractivity contribution in [2.45, 2.75) is 25.8 Å². The highest BCUT2D eigenvalue weighted by Crippen LogP contribution is 2.36. The van der Waals surface area contributed by atoms with Gasteiger partial charge in [-0.15, -0.1) is 0 Å². The molecule has 1 aromatic rings. The predicted octanol–water partition coefficient (Wildman–Crippen LogP) is 1.33. The molecule has 0 aromatic heterocycles. The quantitative estimate of drug-likeness (QED) is 0.804. The molecule has 1 aliphatic rings. The van der Waals surface area contributed by atoms with Gasteiger partial charge >= 0.3 is 0 Å². The molecule has 0 aliphatic heterocycles. The number of carbonyl (C=O) groups is 1. The van der Waals surface area contributed by atoms with Crippen LogP contribution in [0.3, 0.4) is 0 Å². The number of nitrogens with one attached hydrogen (secondary N) is 1. The van der Waals surface area contributed by atoms with Crippen LogP contribution in [0.4, 0.5) is 0 Å². The van der Waals surface area contributed by atoms with Crippen molar-refractivity contribution in [2.24, 2.45) is 17.6 Å². The zero-order valence-electron chi connectivity index (χ0n) is 10.2. The van der Waals surface area contributed by atoms with Crippen LogP contribution < -0.4 is 11.1 Å². The molecule has 1 amide bonds. The minimum Gasteiger partial charge on any atom is -0.354 e. The Morgan fingerprint density at radius 3 is 2.71 bits per heavy atom. The monoisotopic (exact) mass is 232 g/mol. The minimum absolute atomic E-state index is 0.0343. The average Bonchev–Trinajstić information content (AvgIpc) is 3.03. The van der Waals surface area contributed by atoms with E-state index in [1.54, 1.807) is 0 Å². The Morgan fingerprint density at radius 2 is 2.12 bits per heavy atom. The summed E-state index contributed by atoms with van der Waals surface area (Å²) in [7, 11) is 0. The number of rotatable bonds is 5. The molecule has 1 saturated carbocycles. The Morgan fingerprint density at radius 1 is 1.47 bits per heavy atom. The molecule has 1 fully saturated rings. The topological polar surface area (TPSA) is 55.1 Å². The van der Waals surface area contributed by atoms with Gasteiger partial charge < -0.3 is 11.1 Å². The highest BCUT2D eigenvalue weighted by molar-refractivity contribution is 5.81. The third-order valence-corrected chi connectivity index (χ3v) is 3.45. The SMILES string of the molecule is CC1CC1CNC(=O)[C@@H](N)Cc1ccccc1. The Balaban J connectivity index is 1.75. The van der Waals surface area contributed by atoms with Crippen molar-refractivity contribution in [3.63, 3.8) is 0 Å². The maximum atomic E-state index is 11.8. The summed E-state index contributed by atoms with van der Waals surface area (Å²) in [6, 6.07) is 9.44. The van der Waals surface area contributed by atoms with E-state index in [0.717, 1.165) is 18.0 Å². The molecular weight excluding hydrogens is 212 g/mol. The molecule has 3 heteroatoms. The van der Waals surface area contributed by atoms with Gasteiger partial charge in [0.05, 0.1) is 6.04 Å². The molecule has 3 atom stereocenters. The smallest absolute Gasteiger partial charge is 0.237 e. The fourth-order valence-corrected chi connectivity index (χ4v) is 2.01. The first-order chi connectivity index (χ1) is 8.16. The fourth-order valence-electron chi connectivity index (χ4n) is 2.01. The molecule has 3 nitrogen and oxygen atoms in total. The van der Waals surface area contributed by atoms with Gasteiger partial charge in [-0.1, -0.05) is 37.3 Å². The van der Waals surface area contributed by atoms with Gasteiger partial charge in [0, 0.05) is 6.54 Å². The first-order valence-electron chi connectivity index (χ1n) is 6.24. The van der Waals surface area contributed by atoms with Crippen LogP contribution in [0.2, 0.25) is 0 Å². The molecule has 0 bridgehead atoms. The van der Waals surface area contributed by atoms with Crippen molar-refractivity contribution in [3.05, 3.63) is 35.9 Å². The second kappa shape index (κ2) is 5.32. The standard InChI is InChI=1S/C14H20N2O/c1-10-7-12(10)9-16-14(17)13(15)8-11-5-3-2-4-6-11/h2-6,10,12-13H,7-9,15H2,1H3,(H,16,17)/t10?,12?,13-/m0/s1. The lowest BCUT2D eigenvalue weighted by atomic mass is 10.1. The van der Waals surface area contributed by atoms with E-state index < -0.39 is 6.04 Å². The summed E-state index contributed by atoms with van der Waals surface area (Å²) < 4.78 is 0. The van der Waals surface area contributed by atoms with E-state index in [0.29, 0.717) is 12.3 Å². The normalized spacial score (nSPS) is 24.1. The first kappa shape index (κ1) is 12.1. The second-order valence-corrected chi connectivity index (χ2v) is 5.01. The van der Waals surface area contributed by atoms with Gasteiger partial charge in [-0.05, 0) is 30.2 Å². The van der Waals surface area contributed by atoms with Crippen molar-refractivity contribution in [2.75, 3.05) is 6.54 Å². The summed E-state index contributed by atoms with van der Waals surface area (Å²) in [5.41, 5.74) is 6.98. The van der Waals surface area contributed by atoms with Gasteiger partial charge in [-0.2, -0.15) is 0 Å². The number of nitrogens with two attached hydrogens (primary N) is 1. The summed E-state index contributed by atoms with van der Waals surface area (Å²) in [5, 5.41) is 2.93. The zero-order valence-corrected chi connectivity index (χ0v) is 10.2. The molecule has 0 radical (unpaired) electrons. The van der Waals surface area contributed by atoms with E-state index in [2.05, 4.69) is 12.2 Å². The average molecular weight is 232 g/mol. The van der Waals surface area contributed by atoms with Crippen LogP contribution >= 0.6 is 0 Å². The third kappa shape index (κ3) is 3.56. The van der Waals surface area contributed by atoms with E-state index in [4.69, 9.17) is 5.73 Å². The van der Waals surface area contributed by atoms with E-state index in [1.807, 2.05) is 30.3 Å². The maximum absolute atomic E-state index is 11.8. The van der Waals surface area contributed by atoms with Crippen LogP contribution in [0.5, 0.6) is 0 Å². The second-order valence-electron chi connectivity index (χ2n) is 5.01. The number of hydrogen-bond donors (Lipinski definition) is 2. The zero-order chi connectivity index (χ0) is 12.3. The summed E-state index contributed by atoms with van der Waals surface area (Å²) in [6.45, 7) is 2.99. The summed E-state index contributed by atoms with van der Waals surface area (Å²) in [6.07, 6.45) is 1.83. The van der Waals surface area contributed by atoms with Gasteiger partial charge in [0.1, 0.15) is 0 Å². The Hall–Kier alpha value is -1.35. The summed E-state index contributed by atoms with van der Waals surface area (Å²) in [4.78, 5) is 11.8. The molecular formula is C14H20N2O. The van der Waals surface area contributed by atoms with Crippen molar-refractivity contribution < 1.29 is 4.79 Å². The molecule has 17 heavy (non-hydrogen) atoms. The largest absolute Gasteiger partial charge is 0.354 e. The van der Waals surface area contributed by atoms with Crippen LogP contribution in [0.1, 0.15) is 18.9 Å². The number of benzene rings is 1. The summed E-state index contributed by atoms with van der Waals surface area (Å²) in [5.74, 6) is 1.40. The van der Waals surface area contributed by atoms with Crippen molar-refractivity contribution in [1.82, 2.24) is 5.32 Å².